The van der Waals surface area contributed by atoms with Gasteiger partial charge in [0.05, 0.1) is 0 Å². The molecule has 0 aliphatic rings. The van der Waals surface area contributed by atoms with Gasteiger partial charge >= 0.3 is 0 Å². The van der Waals surface area contributed by atoms with Crippen LogP contribution >= 0.6 is 11.6 Å². The summed E-state index contributed by atoms with van der Waals surface area (Å²) in [7, 11) is 0. The largest absolute Gasteiger partial charge is 0.411 e. The Kier molecular flexibility index (Phi) is 2.82. The Bertz CT molecular complexity index is 305. The van der Waals surface area contributed by atoms with E-state index in [1.165, 1.54) is 0 Å². The van der Waals surface area contributed by atoms with Crippen LogP contribution in [0, 0.1) is 0 Å². The van der Waals surface area contributed by atoms with Gasteiger partial charge in [0.25, 0.3) is 0 Å². The van der Waals surface area contributed by atoms with Gasteiger partial charge in [0.15, 0.2) is 0 Å². The van der Waals surface area contributed by atoms with Crippen molar-refractivity contribution in [1.29, 1.82) is 0 Å². The summed E-state index contributed by atoms with van der Waals surface area (Å²) < 4.78 is 0. The van der Waals surface area contributed by atoms with E-state index in [0.29, 0.717) is 10.6 Å². The maximum atomic E-state index is 11.0. The second-order valence-electron chi connectivity index (χ2n) is 2.12. The third-order valence-corrected chi connectivity index (χ3v) is 1.56. The van der Waals surface area contributed by atoms with E-state index < -0.39 is 0 Å². The molecule has 3 nitrogen and oxygen atoms in total. The highest BCUT2D eigenvalue weighted by Crippen LogP contribution is 2.09. The summed E-state index contributed by atoms with van der Waals surface area (Å²) in [5.41, 5.74) is 0.442. The van der Waals surface area contributed by atoms with E-state index in [1.807, 2.05) is 0 Å². The van der Waals surface area contributed by atoms with Crippen molar-refractivity contribution in [3.8, 4) is 0 Å². The van der Waals surface area contributed by atoms with Crippen LogP contribution in [0.5, 0.6) is 0 Å². The fraction of sp³-hybridized carbons (Fsp3) is 0. The molecule has 0 aliphatic carbocycles. The lowest BCUT2D eigenvalue weighted by Gasteiger charge is -1.93. The molecule has 0 saturated carbocycles. The fourth-order valence-corrected chi connectivity index (χ4v) is 0.867. The molecule has 0 unspecified atom stereocenters. The van der Waals surface area contributed by atoms with Crippen LogP contribution in [0.25, 0.3) is 0 Å². The summed E-state index contributed by atoms with van der Waals surface area (Å²) in [5.74, 6) is -0.353. The van der Waals surface area contributed by atoms with Crippen molar-refractivity contribution in [2.24, 2.45) is 5.16 Å². The van der Waals surface area contributed by atoms with Gasteiger partial charge in [-0.25, -0.2) is 0 Å². The molecule has 1 rings (SSSR count). The van der Waals surface area contributed by atoms with Crippen LogP contribution in [0.1, 0.15) is 10.4 Å². The Hall–Kier alpha value is -1.35. The smallest absolute Gasteiger partial charge is 0.207 e. The summed E-state index contributed by atoms with van der Waals surface area (Å²) in [4.78, 5) is 11.0. The maximum Gasteiger partial charge on any atom is 0.207 e. The van der Waals surface area contributed by atoms with Crippen molar-refractivity contribution >= 4 is 23.6 Å². The molecule has 0 spiro atoms. The van der Waals surface area contributed by atoms with E-state index in [0.717, 1.165) is 6.21 Å². The minimum Gasteiger partial charge on any atom is -0.411 e. The van der Waals surface area contributed by atoms with Crippen LogP contribution in [0.3, 0.4) is 0 Å². The van der Waals surface area contributed by atoms with Crippen LogP contribution in [-0.4, -0.2) is 17.2 Å². The summed E-state index contributed by atoms with van der Waals surface area (Å²) in [6, 6.07) is 6.32. The lowest BCUT2D eigenvalue weighted by atomic mass is 10.1. The summed E-state index contributed by atoms with van der Waals surface area (Å²) >= 11 is 5.60. The van der Waals surface area contributed by atoms with Crippen LogP contribution in [-0.2, 0) is 0 Å². The molecule has 0 saturated heterocycles. The molecule has 0 heterocycles. The van der Waals surface area contributed by atoms with Crippen LogP contribution in [0.15, 0.2) is 29.4 Å². The molecule has 0 atom stereocenters. The standard InChI is InChI=1S/C8H6ClNO2/c9-7-3-1-6(2-4-7)8(11)5-10-12/h1-5,12H/b10-5+. The van der Waals surface area contributed by atoms with Crippen molar-refractivity contribution < 1.29 is 10.0 Å². The van der Waals surface area contributed by atoms with E-state index in [4.69, 9.17) is 16.8 Å². The van der Waals surface area contributed by atoms with Crippen molar-refractivity contribution in [2.75, 3.05) is 0 Å². The highest BCUT2D eigenvalue weighted by atomic mass is 35.5. The molecule has 12 heavy (non-hydrogen) atoms. The first-order valence-corrected chi connectivity index (χ1v) is 3.59. The summed E-state index contributed by atoms with van der Waals surface area (Å²) in [6.45, 7) is 0. The Morgan fingerprint density at radius 2 is 2.00 bits per heavy atom. The lowest BCUT2D eigenvalue weighted by molar-refractivity contribution is 0.106. The molecule has 0 radical (unpaired) electrons. The Labute approximate surface area is 74.3 Å². The second-order valence-corrected chi connectivity index (χ2v) is 2.55. The molecule has 1 aromatic rings. The molecular formula is C8H6ClNO2. The average molecular weight is 184 g/mol. The number of oxime groups is 1. The summed E-state index contributed by atoms with van der Waals surface area (Å²) in [6.07, 6.45) is 0.837. The number of benzene rings is 1. The number of ketones is 1. The van der Waals surface area contributed by atoms with E-state index in [1.54, 1.807) is 24.3 Å². The Balaban J connectivity index is 2.90. The lowest BCUT2D eigenvalue weighted by Crippen LogP contribution is -1.99. The Morgan fingerprint density at radius 3 is 2.50 bits per heavy atom. The number of carbonyl (C=O) groups excluding carboxylic acids is 1. The number of halogens is 1. The van der Waals surface area contributed by atoms with Gasteiger partial charge in [-0.1, -0.05) is 16.8 Å². The van der Waals surface area contributed by atoms with Crippen molar-refractivity contribution in [2.45, 2.75) is 0 Å². The molecular weight excluding hydrogens is 178 g/mol. The number of Topliss-reactive ketones (excluding diaryl/α,β-unsaturated/α-hetero) is 1. The number of hydrogen-bond acceptors (Lipinski definition) is 3. The average Bonchev–Trinajstić information content (AvgIpc) is 2.06. The first kappa shape index (κ1) is 8.74. The zero-order valence-corrected chi connectivity index (χ0v) is 6.82. The van der Waals surface area contributed by atoms with Gasteiger partial charge in [-0.2, -0.15) is 0 Å². The maximum absolute atomic E-state index is 11.0. The molecule has 0 bridgehead atoms. The van der Waals surface area contributed by atoms with Crippen LogP contribution in [0.4, 0.5) is 0 Å². The molecule has 0 aromatic heterocycles. The zero-order chi connectivity index (χ0) is 8.97. The molecule has 4 heteroatoms. The molecule has 0 aliphatic heterocycles. The monoisotopic (exact) mass is 183 g/mol. The second kappa shape index (κ2) is 3.88. The first-order valence-electron chi connectivity index (χ1n) is 3.21. The van der Waals surface area contributed by atoms with Gasteiger partial charge in [-0.05, 0) is 24.3 Å². The van der Waals surface area contributed by atoms with Crippen LogP contribution < -0.4 is 0 Å². The minimum atomic E-state index is -0.353. The van der Waals surface area contributed by atoms with E-state index in [9.17, 15) is 4.79 Å². The van der Waals surface area contributed by atoms with Gasteiger partial charge in [0, 0.05) is 10.6 Å². The minimum absolute atomic E-state index is 0.353. The highest BCUT2D eigenvalue weighted by molar-refractivity contribution is 6.35. The molecule has 62 valence electrons. The number of hydrogen-bond donors (Lipinski definition) is 1. The van der Waals surface area contributed by atoms with E-state index >= 15 is 0 Å². The normalized spacial score (nSPS) is 10.4. The topological polar surface area (TPSA) is 49.7 Å². The highest BCUT2D eigenvalue weighted by Gasteiger charge is 2.00. The van der Waals surface area contributed by atoms with Crippen molar-refractivity contribution in [3.63, 3.8) is 0 Å². The van der Waals surface area contributed by atoms with Gasteiger partial charge < -0.3 is 5.21 Å². The molecule has 1 aromatic carbocycles. The molecule has 1 N–H and O–H groups in total. The first-order chi connectivity index (χ1) is 5.74. The third-order valence-electron chi connectivity index (χ3n) is 1.30. The number of carbonyl (C=O) groups is 1. The predicted molar refractivity (Wildman–Crippen MR) is 46.1 cm³/mol. The predicted octanol–water partition coefficient (Wildman–Crippen LogP) is 1.98. The van der Waals surface area contributed by atoms with Crippen LogP contribution in [0.2, 0.25) is 5.02 Å². The fourth-order valence-electron chi connectivity index (χ4n) is 0.741. The van der Waals surface area contributed by atoms with Gasteiger partial charge in [-0.15, -0.1) is 0 Å². The third kappa shape index (κ3) is 2.07. The summed E-state index contributed by atoms with van der Waals surface area (Å²) in [5, 5.41) is 11.3. The van der Waals surface area contributed by atoms with Crippen molar-refractivity contribution in [3.05, 3.63) is 34.9 Å². The molecule has 0 amide bonds. The quantitative estimate of drug-likeness (QED) is 0.330. The zero-order valence-electron chi connectivity index (χ0n) is 6.07. The van der Waals surface area contributed by atoms with Crippen molar-refractivity contribution in [1.82, 2.24) is 0 Å². The van der Waals surface area contributed by atoms with Gasteiger partial charge in [-0.3, -0.25) is 4.79 Å². The number of rotatable bonds is 2. The SMILES string of the molecule is O=C(/C=N/O)c1ccc(Cl)cc1. The van der Waals surface area contributed by atoms with Gasteiger partial charge in [0.2, 0.25) is 5.78 Å². The molecule has 0 fully saturated rings. The van der Waals surface area contributed by atoms with E-state index in [2.05, 4.69) is 5.16 Å². The Morgan fingerprint density at radius 1 is 1.42 bits per heavy atom. The van der Waals surface area contributed by atoms with E-state index in [-0.39, 0.29) is 5.78 Å². The number of nitrogens with zero attached hydrogens (tertiary/aromatic N) is 1. The van der Waals surface area contributed by atoms with Gasteiger partial charge in [0.1, 0.15) is 6.21 Å².